The zero-order valence-electron chi connectivity index (χ0n) is 11.6. The highest BCUT2D eigenvalue weighted by molar-refractivity contribution is 7.99. The average Bonchev–Trinajstić information content (AvgIpc) is 2.70. The van der Waals surface area contributed by atoms with Crippen molar-refractivity contribution in [1.29, 1.82) is 0 Å². The minimum absolute atomic E-state index is 0.0643. The third-order valence-corrected chi connectivity index (χ3v) is 6.94. The lowest BCUT2D eigenvalue weighted by molar-refractivity contribution is 0.279. The molecule has 20 heavy (non-hydrogen) atoms. The largest absolute Gasteiger partial charge is 0.394 e. The average molecular weight is 334 g/mol. The maximum Gasteiger partial charge on any atom is 0.250 e. The summed E-state index contributed by atoms with van der Waals surface area (Å²) in [7, 11) is -3.49. The lowest BCUT2D eigenvalue weighted by atomic mass is 10.1. The van der Waals surface area contributed by atoms with Gasteiger partial charge in [-0.25, -0.2) is 13.1 Å². The summed E-state index contributed by atoms with van der Waals surface area (Å²) >= 11 is 2.70. The van der Waals surface area contributed by atoms with Gasteiger partial charge in [0.15, 0.2) is 0 Å². The van der Waals surface area contributed by atoms with Crippen molar-refractivity contribution in [3.05, 3.63) is 17.8 Å². The summed E-state index contributed by atoms with van der Waals surface area (Å²) in [5, 5.41) is 8.94. The standard InChI is InChI=1S/C12H18N2O3S3/c1-12(2,3)13-20(16,17)10-8-9-4-5-14(6-7-15)19-11(9)18-10/h4-5,8,13,15H,6-7H2,1-3H3. The highest BCUT2D eigenvalue weighted by atomic mass is 32.3. The van der Waals surface area contributed by atoms with Crippen LogP contribution in [0.1, 0.15) is 26.3 Å². The molecule has 5 nitrogen and oxygen atoms in total. The lowest BCUT2D eigenvalue weighted by Crippen LogP contribution is -2.40. The maximum absolute atomic E-state index is 12.3. The van der Waals surface area contributed by atoms with Gasteiger partial charge in [-0.15, -0.1) is 11.3 Å². The van der Waals surface area contributed by atoms with E-state index in [-0.39, 0.29) is 6.61 Å². The third-order valence-electron chi connectivity index (χ3n) is 2.35. The summed E-state index contributed by atoms with van der Waals surface area (Å²) in [5.74, 6) is 0. The summed E-state index contributed by atoms with van der Waals surface area (Å²) in [6.07, 6.45) is 3.72. The van der Waals surface area contributed by atoms with E-state index in [2.05, 4.69) is 4.72 Å². The number of thiophene rings is 1. The Morgan fingerprint density at radius 1 is 1.40 bits per heavy atom. The maximum atomic E-state index is 12.3. The second kappa shape index (κ2) is 5.69. The van der Waals surface area contributed by atoms with Gasteiger partial charge in [0, 0.05) is 17.3 Å². The molecule has 0 aliphatic carbocycles. The molecule has 8 heteroatoms. The van der Waals surface area contributed by atoms with E-state index in [0.717, 1.165) is 9.77 Å². The van der Waals surface area contributed by atoms with Crippen LogP contribution in [0.3, 0.4) is 0 Å². The first-order chi connectivity index (χ1) is 9.21. The van der Waals surface area contributed by atoms with E-state index in [4.69, 9.17) is 5.11 Å². The Balaban J connectivity index is 2.24. The Kier molecular flexibility index (Phi) is 4.50. The van der Waals surface area contributed by atoms with Crippen LogP contribution in [-0.2, 0) is 10.0 Å². The van der Waals surface area contributed by atoms with Crippen molar-refractivity contribution < 1.29 is 13.5 Å². The number of β-amino-alcohol motifs (C(OH)–C–C–N with tert-alkyl or cyclic N) is 1. The molecule has 0 atom stereocenters. The van der Waals surface area contributed by atoms with Gasteiger partial charge in [0.2, 0.25) is 0 Å². The van der Waals surface area contributed by atoms with Crippen LogP contribution in [0.15, 0.2) is 20.7 Å². The minimum atomic E-state index is -3.49. The first-order valence-corrected chi connectivity index (χ1v) is 9.20. The molecule has 2 N–H and O–H groups in total. The zero-order chi connectivity index (χ0) is 15.0. The van der Waals surface area contributed by atoms with Gasteiger partial charge in [0.05, 0.1) is 17.4 Å². The molecule has 0 saturated carbocycles. The molecule has 1 aromatic rings. The molecule has 1 aliphatic rings. The fourth-order valence-corrected chi connectivity index (χ4v) is 5.88. The van der Waals surface area contributed by atoms with Crippen molar-refractivity contribution in [1.82, 2.24) is 9.03 Å². The summed E-state index contributed by atoms with van der Waals surface area (Å²) < 4.78 is 30.4. The van der Waals surface area contributed by atoms with E-state index in [1.165, 1.54) is 23.3 Å². The van der Waals surface area contributed by atoms with Gasteiger partial charge in [-0.05, 0) is 44.9 Å². The number of nitrogens with zero attached hydrogens (tertiary/aromatic N) is 1. The number of aliphatic hydroxyl groups is 1. The Morgan fingerprint density at radius 2 is 2.10 bits per heavy atom. The van der Waals surface area contributed by atoms with Crippen molar-refractivity contribution in [3.63, 3.8) is 0 Å². The van der Waals surface area contributed by atoms with Crippen LogP contribution < -0.4 is 4.72 Å². The number of hydrogen-bond acceptors (Lipinski definition) is 6. The van der Waals surface area contributed by atoms with Gasteiger partial charge in [-0.2, -0.15) is 0 Å². The first-order valence-electron chi connectivity index (χ1n) is 6.13. The van der Waals surface area contributed by atoms with Gasteiger partial charge < -0.3 is 9.41 Å². The van der Waals surface area contributed by atoms with Crippen LogP contribution >= 0.6 is 23.3 Å². The fraction of sp³-hybridized carbons (Fsp3) is 0.500. The molecule has 0 bridgehead atoms. The van der Waals surface area contributed by atoms with Crippen LogP contribution in [0, 0.1) is 0 Å². The van der Waals surface area contributed by atoms with Crippen molar-refractivity contribution in [2.24, 2.45) is 0 Å². The monoisotopic (exact) mass is 334 g/mol. The molecule has 0 unspecified atom stereocenters. The zero-order valence-corrected chi connectivity index (χ0v) is 14.0. The fourth-order valence-electron chi connectivity index (χ4n) is 1.66. The quantitative estimate of drug-likeness (QED) is 0.825. The van der Waals surface area contributed by atoms with E-state index < -0.39 is 15.6 Å². The molecule has 0 aromatic carbocycles. The lowest BCUT2D eigenvalue weighted by Gasteiger charge is -2.20. The molecule has 0 amide bonds. The molecule has 0 fully saturated rings. The summed E-state index contributed by atoms with van der Waals surface area (Å²) in [6.45, 7) is 6.02. The SMILES string of the molecule is CC(C)(C)NS(=O)(=O)c1cc2c(s1)SN(CCO)C=C2. The molecule has 2 rings (SSSR count). The molecule has 0 spiro atoms. The molecule has 1 aromatic heterocycles. The topological polar surface area (TPSA) is 69.6 Å². The van der Waals surface area contributed by atoms with E-state index in [9.17, 15) is 8.42 Å². The second-order valence-corrected chi connectivity index (χ2v) is 9.71. The minimum Gasteiger partial charge on any atom is -0.394 e. The van der Waals surface area contributed by atoms with Gasteiger partial charge >= 0.3 is 0 Å². The van der Waals surface area contributed by atoms with Crippen LogP contribution in [0.25, 0.3) is 6.08 Å². The molecule has 1 aliphatic heterocycles. The van der Waals surface area contributed by atoms with Crippen molar-refractivity contribution >= 4 is 39.4 Å². The predicted octanol–water partition coefficient (Wildman–Crippen LogP) is 2.11. The van der Waals surface area contributed by atoms with Gasteiger partial charge in [-0.3, -0.25) is 0 Å². The van der Waals surface area contributed by atoms with Crippen molar-refractivity contribution in [2.75, 3.05) is 13.2 Å². The smallest absolute Gasteiger partial charge is 0.250 e. The van der Waals surface area contributed by atoms with Crippen molar-refractivity contribution in [3.8, 4) is 0 Å². The van der Waals surface area contributed by atoms with Gasteiger partial charge in [-0.1, -0.05) is 0 Å². The first kappa shape index (κ1) is 15.8. The summed E-state index contributed by atoms with van der Waals surface area (Å²) in [6, 6.07) is 1.69. The van der Waals surface area contributed by atoms with Crippen LogP contribution in [0.2, 0.25) is 0 Å². The number of hydrogen-bond donors (Lipinski definition) is 2. The number of fused-ring (bicyclic) bond motifs is 1. The van der Waals surface area contributed by atoms with E-state index in [0.29, 0.717) is 10.8 Å². The number of nitrogens with one attached hydrogen (secondary N) is 1. The van der Waals surface area contributed by atoms with E-state index in [1.807, 2.05) is 37.4 Å². The molecule has 112 valence electrons. The molecule has 0 saturated heterocycles. The molecule has 0 radical (unpaired) electrons. The molecular formula is C12H18N2O3S3. The molecule has 2 heterocycles. The Bertz CT molecular complexity index is 614. The van der Waals surface area contributed by atoms with E-state index >= 15 is 0 Å². The second-order valence-electron chi connectivity index (χ2n) is 5.44. The predicted molar refractivity (Wildman–Crippen MR) is 83.1 cm³/mol. The van der Waals surface area contributed by atoms with Crippen LogP contribution in [-0.4, -0.2) is 36.5 Å². The van der Waals surface area contributed by atoms with E-state index in [1.54, 1.807) is 6.07 Å². The highest BCUT2D eigenvalue weighted by Gasteiger charge is 2.26. The Hall–Kier alpha value is -0.540. The third kappa shape index (κ3) is 3.76. The Labute approximate surface area is 127 Å². The number of sulfonamides is 1. The Morgan fingerprint density at radius 3 is 2.70 bits per heavy atom. The summed E-state index contributed by atoms with van der Waals surface area (Å²) in [4.78, 5) is 0. The normalized spacial score (nSPS) is 15.5. The van der Waals surface area contributed by atoms with Crippen LogP contribution in [0.5, 0.6) is 0 Å². The summed E-state index contributed by atoms with van der Waals surface area (Å²) in [5.41, 5.74) is 0.401. The molecular weight excluding hydrogens is 316 g/mol. The number of rotatable bonds is 4. The number of aliphatic hydroxyl groups excluding tert-OH is 1. The van der Waals surface area contributed by atoms with Crippen molar-refractivity contribution in [2.45, 2.75) is 34.7 Å². The van der Waals surface area contributed by atoms with Gasteiger partial charge in [0.1, 0.15) is 4.21 Å². The van der Waals surface area contributed by atoms with Crippen LogP contribution in [0.4, 0.5) is 0 Å². The van der Waals surface area contributed by atoms with Gasteiger partial charge in [0.25, 0.3) is 10.0 Å². The highest BCUT2D eigenvalue weighted by Crippen LogP contribution is 2.40.